The van der Waals surface area contributed by atoms with Gasteiger partial charge in [-0.1, -0.05) is 11.6 Å². The zero-order valence-electron chi connectivity index (χ0n) is 9.44. The third-order valence-electron chi connectivity index (χ3n) is 2.17. The van der Waals surface area contributed by atoms with Crippen molar-refractivity contribution in [3.8, 4) is 6.07 Å². The van der Waals surface area contributed by atoms with Crippen LogP contribution in [0.1, 0.15) is 24.8 Å². The number of anilines is 1. The first-order chi connectivity index (χ1) is 8.52. The number of hydrogen-bond donors (Lipinski definition) is 2. The molecule has 0 aliphatic heterocycles. The van der Waals surface area contributed by atoms with Gasteiger partial charge in [0.15, 0.2) is 0 Å². The minimum atomic E-state index is -0.930. The van der Waals surface area contributed by atoms with Gasteiger partial charge in [-0.05, 0) is 24.6 Å². The summed E-state index contributed by atoms with van der Waals surface area (Å²) in [6, 6.07) is 6.48. The number of carbonyl (C=O) groups excluding carboxylic acids is 1. The molecule has 1 rings (SSSR count). The lowest BCUT2D eigenvalue weighted by Crippen LogP contribution is -2.12. The highest BCUT2D eigenvalue weighted by Gasteiger charge is 2.06. The number of nitrogens with one attached hydrogen (secondary N) is 1. The molecule has 5 nitrogen and oxygen atoms in total. The van der Waals surface area contributed by atoms with Crippen molar-refractivity contribution in [1.82, 2.24) is 0 Å². The molecule has 0 heterocycles. The smallest absolute Gasteiger partial charge is 0.303 e. The average molecular weight is 267 g/mol. The largest absolute Gasteiger partial charge is 0.481 e. The normalized spacial score (nSPS) is 9.56. The van der Waals surface area contributed by atoms with Gasteiger partial charge in [-0.15, -0.1) is 0 Å². The van der Waals surface area contributed by atoms with Crippen LogP contribution in [-0.2, 0) is 9.59 Å². The Morgan fingerprint density at radius 1 is 1.39 bits per heavy atom. The molecule has 0 saturated heterocycles. The zero-order chi connectivity index (χ0) is 13.5. The van der Waals surface area contributed by atoms with Crippen LogP contribution >= 0.6 is 11.6 Å². The van der Waals surface area contributed by atoms with Crippen LogP contribution < -0.4 is 5.32 Å². The molecule has 0 fully saturated rings. The van der Waals surface area contributed by atoms with Crippen molar-refractivity contribution in [2.24, 2.45) is 0 Å². The van der Waals surface area contributed by atoms with E-state index < -0.39 is 5.97 Å². The molecule has 1 aromatic rings. The number of hydrogen-bond acceptors (Lipinski definition) is 3. The lowest BCUT2D eigenvalue weighted by molar-refractivity contribution is -0.137. The van der Waals surface area contributed by atoms with Gasteiger partial charge in [-0.3, -0.25) is 9.59 Å². The van der Waals surface area contributed by atoms with Crippen LogP contribution in [0.2, 0.25) is 5.02 Å². The molecule has 1 amide bonds. The van der Waals surface area contributed by atoms with Crippen LogP contribution in [0.4, 0.5) is 5.69 Å². The third kappa shape index (κ3) is 4.44. The van der Waals surface area contributed by atoms with Gasteiger partial charge in [0.25, 0.3) is 0 Å². The van der Waals surface area contributed by atoms with Gasteiger partial charge in [-0.25, -0.2) is 0 Å². The summed E-state index contributed by atoms with van der Waals surface area (Å²) >= 11 is 5.75. The summed E-state index contributed by atoms with van der Waals surface area (Å²) in [7, 11) is 0. The molecule has 0 radical (unpaired) electrons. The fourth-order valence-electron chi connectivity index (χ4n) is 1.31. The Morgan fingerprint density at radius 3 is 2.72 bits per heavy atom. The second-order valence-electron chi connectivity index (χ2n) is 3.60. The summed E-state index contributed by atoms with van der Waals surface area (Å²) in [6.07, 6.45) is 0.355. The number of benzene rings is 1. The Bertz CT molecular complexity index is 509. The Labute approximate surface area is 109 Å². The summed E-state index contributed by atoms with van der Waals surface area (Å²) < 4.78 is 0. The van der Waals surface area contributed by atoms with E-state index in [2.05, 4.69) is 5.32 Å². The topological polar surface area (TPSA) is 90.2 Å². The second-order valence-corrected chi connectivity index (χ2v) is 4.01. The van der Waals surface area contributed by atoms with E-state index in [9.17, 15) is 9.59 Å². The van der Waals surface area contributed by atoms with E-state index in [1.54, 1.807) is 6.07 Å². The van der Waals surface area contributed by atoms with Crippen molar-refractivity contribution in [3.63, 3.8) is 0 Å². The van der Waals surface area contributed by atoms with Crippen molar-refractivity contribution in [3.05, 3.63) is 28.8 Å². The minimum absolute atomic E-state index is 0.0442. The lowest BCUT2D eigenvalue weighted by Gasteiger charge is -2.05. The van der Waals surface area contributed by atoms with Crippen molar-refractivity contribution in [2.75, 3.05) is 5.32 Å². The second kappa shape index (κ2) is 6.62. The van der Waals surface area contributed by atoms with E-state index in [0.717, 1.165) is 0 Å². The van der Waals surface area contributed by atoms with Gasteiger partial charge in [0.2, 0.25) is 5.91 Å². The van der Waals surface area contributed by atoms with E-state index in [1.807, 2.05) is 6.07 Å². The van der Waals surface area contributed by atoms with E-state index >= 15 is 0 Å². The first kappa shape index (κ1) is 14.0. The number of nitriles is 1. The number of rotatable bonds is 5. The summed E-state index contributed by atoms with van der Waals surface area (Å²) in [5.41, 5.74) is 0.747. The standard InChI is InChI=1S/C12H11ClN2O3/c13-10-5-4-9(6-8(10)7-14)15-11(16)2-1-3-12(17)18/h4-6H,1-3H2,(H,15,16)(H,17,18). The van der Waals surface area contributed by atoms with Crippen LogP contribution in [0.3, 0.4) is 0 Å². The number of nitrogens with zero attached hydrogens (tertiary/aromatic N) is 1. The molecule has 0 spiro atoms. The van der Waals surface area contributed by atoms with Gasteiger partial charge in [0, 0.05) is 18.5 Å². The fourth-order valence-corrected chi connectivity index (χ4v) is 1.47. The van der Waals surface area contributed by atoms with Crippen molar-refractivity contribution < 1.29 is 14.7 Å². The fraction of sp³-hybridized carbons (Fsp3) is 0.250. The Balaban J connectivity index is 2.55. The predicted molar refractivity (Wildman–Crippen MR) is 66.3 cm³/mol. The summed E-state index contributed by atoms with van der Waals surface area (Å²) in [4.78, 5) is 21.7. The minimum Gasteiger partial charge on any atom is -0.481 e. The molecular weight excluding hydrogens is 256 g/mol. The molecule has 0 aromatic heterocycles. The molecule has 6 heteroatoms. The maximum Gasteiger partial charge on any atom is 0.303 e. The summed E-state index contributed by atoms with van der Waals surface area (Å²) in [5, 5.41) is 20.1. The number of carbonyl (C=O) groups is 2. The number of carboxylic acids is 1. The molecule has 18 heavy (non-hydrogen) atoms. The molecule has 0 aliphatic rings. The number of amides is 1. The van der Waals surface area contributed by atoms with E-state index in [0.29, 0.717) is 10.7 Å². The molecule has 2 N–H and O–H groups in total. The zero-order valence-corrected chi connectivity index (χ0v) is 10.2. The van der Waals surface area contributed by atoms with Crippen molar-refractivity contribution in [2.45, 2.75) is 19.3 Å². The van der Waals surface area contributed by atoms with Crippen LogP contribution in [0, 0.1) is 11.3 Å². The number of halogens is 1. The molecule has 0 bridgehead atoms. The molecular formula is C12H11ClN2O3. The van der Waals surface area contributed by atoms with Gasteiger partial charge in [0.1, 0.15) is 6.07 Å². The van der Waals surface area contributed by atoms with E-state index in [4.69, 9.17) is 22.0 Å². The molecule has 0 saturated carbocycles. The van der Waals surface area contributed by atoms with Gasteiger partial charge >= 0.3 is 5.97 Å². The summed E-state index contributed by atoms with van der Waals surface area (Å²) in [5.74, 6) is -1.22. The van der Waals surface area contributed by atoms with Gasteiger partial charge in [0.05, 0.1) is 10.6 Å². The lowest BCUT2D eigenvalue weighted by atomic mass is 10.2. The molecule has 1 aromatic carbocycles. The van der Waals surface area contributed by atoms with E-state index in [-0.39, 0.29) is 30.7 Å². The Hall–Kier alpha value is -2.06. The molecule has 0 unspecified atom stereocenters. The molecule has 94 valence electrons. The quantitative estimate of drug-likeness (QED) is 0.856. The highest BCUT2D eigenvalue weighted by atomic mass is 35.5. The highest BCUT2D eigenvalue weighted by Crippen LogP contribution is 2.19. The maximum atomic E-state index is 11.5. The van der Waals surface area contributed by atoms with Gasteiger partial charge in [-0.2, -0.15) is 5.26 Å². The number of carboxylic acid groups (broad SMARTS) is 1. The monoisotopic (exact) mass is 266 g/mol. The van der Waals surface area contributed by atoms with Crippen LogP contribution in [0.25, 0.3) is 0 Å². The first-order valence-electron chi connectivity index (χ1n) is 5.24. The highest BCUT2D eigenvalue weighted by molar-refractivity contribution is 6.31. The molecule has 0 aliphatic carbocycles. The SMILES string of the molecule is N#Cc1cc(NC(=O)CCCC(=O)O)ccc1Cl. The van der Waals surface area contributed by atoms with Crippen LogP contribution in [-0.4, -0.2) is 17.0 Å². The average Bonchev–Trinajstić information content (AvgIpc) is 2.31. The van der Waals surface area contributed by atoms with E-state index in [1.165, 1.54) is 12.1 Å². The van der Waals surface area contributed by atoms with Crippen LogP contribution in [0.15, 0.2) is 18.2 Å². The maximum absolute atomic E-state index is 11.5. The van der Waals surface area contributed by atoms with Crippen molar-refractivity contribution in [1.29, 1.82) is 5.26 Å². The Kier molecular flexibility index (Phi) is 5.15. The summed E-state index contributed by atoms with van der Waals surface area (Å²) in [6.45, 7) is 0. The molecule has 0 atom stereocenters. The number of aliphatic carboxylic acids is 1. The van der Waals surface area contributed by atoms with Crippen LogP contribution in [0.5, 0.6) is 0 Å². The van der Waals surface area contributed by atoms with Crippen molar-refractivity contribution >= 4 is 29.2 Å². The first-order valence-corrected chi connectivity index (χ1v) is 5.62. The predicted octanol–water partition coefficient (Wildman–Crippen LogP) is 2.41. The third-order valence-corrected chi connectivity index (χ3v) is 2.49. The Morgan fingerprint density at radius 2 is 2.11 bits per heavy atom. The van der Waals surface area contributed by atoms with Gasteiger partial charge < -0.3 is 10.4 Å².